The summed E-state index contributed by atoms with van der Waals surface area (Å²) in [4.78, 5) is 12.3. The Kier molecular flexibility index (Phi) is 6.82. The minimum atomic E-state index is -4.57. The summed E-state index contributed by atoms with van der Waals surface area (Å²) in [5.74, 6) is 0.771. The number of amides is 2. The van der Waals surface area contributed by atoms with E-state index in [1.165, 1.54) is 19.2 Å². The molecular weight excluding hydrogens is 456 g/mol. The summed E-state index contributed by atoms with van der Waals surface area (Å²) in [7, 11) is 1.27. The maximum Gasteiger partial charge on any atom is 0.416 e. The van der Waals surface area contributed by atoms with Crippen LogP contribution in [0.1, 0.15) is 5.56 Å². The number of hydrogen-bond acceptors (Lipinski definition) is 3. The molecule has 162 valence electrons. The molecule has 2 N–H and O–H groups in total. The Labute approximate surface area is 185 Å². The van der Waals surface area contributed by atoms with E-state index in [1.54, 1.807) is 24.3 Å². The van der Waals surface area contributed by atoms with Gasteiger partial charge in [-0.15, -0.1) is 0 Å². The minimum absolute atomic E-state index is 0.0609. The molecular formula is C21H15Cl2F3N2O3. The molecule has 0 atom stereocenters. The van der Waals surface area contributed by atoms with Crippen LogP contribution in [-0.2, 0) is 6.18 Å². The molecule has 0 aliphatic heterocycles. The summed E-state index contributed by atoms with van der Waals surface area (Å²) >= 11 is 12.4. The fraction of sp³-hybridized carbons (Fsp3) is 0.0952. The number of benzene rings is 3. The maximum atomic E-state index is 13.0. The van der Waals surface area contributed by atoms with Gasteiger partial charge in [0.05, 0.1) is 28.4 Å². The monoisotopic (exact) mass is 470 g/mol. The number of para-hydroxylation sites is 1. The molecule has 0 saturated heterocycles. The van der Waals surface area contributed by atoms with Crippen molar-refractivity contribution in [3.05, 3.63) is 76.3 Å². The third-order valence-electron chi connectivity index (χ3n) is 3.99. The largest absolute Gasteiger partial charge is 0.495 e. The number of methoxy groups -OCH3 is 1. The van der Waals surface area contributed by atoms with E-state index in [0.29, 0.717) is 5.75 Å². The number of carbonyl (C=O) groups is 1. The molecule has 3 aromatic carbocycles. The predicted molar refractivity (Wildman–Crippen MR) is 114 cm³/mol. The van der Waals surface area contributed by atoms with E-state index >= 15 is 0 Å². The van der Waals surface area contributed by atoms with Gasteiger partial charge in [0, 0.05) is 5.69 Å². The number of nitrogens with one attached hydrogen (secondary N) is 2. The zero-order valence-corrected chi connectivity index (χ0v) is 17.4. The Balaban J connectivity index is 1.77. The van der Waals surface area contributed by atoms with Gasteiger partial charge in [0.1, 0.15) is 11.5 Å². The first-order valence-electron chi connectivity index (χ1n) is 8.72. The Morgan fingerprint density at radius 1 is 0.935 bits per heavy atom. The van der Waals surface area contributed by atoms with Gasteiger partial charge in [-0.1, -0.05) is 41.4 Å². The number of hydrogen-bond donors (Lipinski definition) is 2. The molecule has 0 radical (unpaired) electrons. The number of alkyl halides is 3. The average molecular weight is 471 g/mol. The topological polar surface area (TPSA) is 59.6 Å². The van der Waals surface area contributed by atoms with Crippen LogP contribution >= 0.6 is 23.2 Å². The second-order valence-corrected chi connectivity index (χ2v) is 6.99. The van der Waals surface area contributed by atoms with Gasteiger partial charge in [-0.2, -0.15) is 13.2 Å². The summed E-state index contributed by atoms with van der Waals surface area (Å²) < 4.78 is 49.5. The van der Waals surface area contributed by atoms with E-state index in [2.05, 4.69) is 10.6 Å². The molecule has 0 aliphatic rings. The van der Waals surface area contributed by atoms with Crippen molar-refractivity contribution in [2.24, 2.45) is 0 Å². The van der Waals surface area contributed by atoms with Gasteiger partial charge >= 0.3 is 12.2 Å². The molecule has 3 aromatic rings. The Morgan fingerprint density at radius 2 is 1.58 bits per heavy atom. The van der Waals surface area contributed by atoms with Crippen molar-refractivity contribution in [1.82, 2.24) is 0 Å². The van der Waals surface area contributed by atoms with E-state index < -0.39 is 17.8 Å². The lowest BCUT2D eigenvalue weighted by Gasteiger charge is -2.15. The Bertz CT molecular complexity index is 1070. The van der Waals surface area contributed by atoms with Crippen molar-refractivity contribution in [1.29, 1.82) is 0 Å². The van der Waals surface area contributed by atoms with E-state index in [9.17, 15) is 18.0 Å². The van der Waals surface area contributed by atoms with Gasteiger partial charge < -0.3 is 20.1 Å². The second kappa shape index (κ2) is 9.36. The normalized spacial score (nSPS) is 11.0. The standard InChI is InChI=1S/C21H15Cl2F3N2O3/c1-30-18-8-7-12(21(24,25)26)9-17(18)28-20(29)27-13-10-15(22)19(16(23)11-13)31-14-5-3-2-4-6-14/h2-11H,1H3,(H2,27,28,29). The Hall–Kier alpha value is -3.10. The van der Waals surface area contributed by atoms with Crippen molar-refractivity contribution in [2.75, 3.05) is 17.7 Å². The van der Waals surface area contributed by atoms with Crippen LogP contribution in [0.25, 0.3) is 0 Å². The summed E-state index contributed by atoms with van der Waals surface area (Å²) in [6.45, 7) is 0. The van der Waals surface area contributed by atoms with Crippen molar-refractivity contribution in [3.8, 4) is 17.2 Å². The highest BCUT2D eigenvalue weighted by molar-refractivity contribution is 6.37. The molecule has 3 rings (SSSR count). The highest BCUT2D eigenvalue weighted by Gasteiger charge is 2.31. The van der Waals surface area contributed by atoms with E-state index in [4.69, 9.17) is 32.7 Å². The minimum Gasteiger partial charge on any atom is -0.495 e. The number of rotatable bonds is 5. The molecule has 31 heavy (non-hydrogen) atoms. The summed E-state index contributed by atoms with van der Waals surface area (Å²) in [6.07, 6.45) is -4.57. The third kappa shape index (κ3) is 5.74. The summed E-state index contributed by atoms with van der Waals surface area (Å²) in [6, 6.07) is 13.5. The number of carbonyl (C=O) groups excluding carboxylic acids is 1. The van der Waals surface area contributed by atoms with Crippen LogP contribution in [0, 0.1) is 0 Å². The second-order valence-electron chi connectivity index (χ2n) is 6.18. The van der Waals surface area contributed by atoms with Crippen LogP contribution in [0.15, 0.2) is 60.7 Å². The van der Waals surface area contributed by atoms with Gasteiger partial charge in [-0.25, -0.2) is 4.79 Å². The van der Waals surface area contributed by atoms with Crippen LogP contribution < -0.4 is 20.1 Å². The van der Waals surface area contributed by atoms with Gasteiger partial charge in [0.25, 0.3) is 0 Å². The molecule has 10 heteroatoms. The van der Waals surface area contributed by atoms with Crippen molar-refractivity contribution >= 4 is 40.6 Å². The van der Waals surface area contributed by atoms with Crippen LogP contribution in [0.2, 0.25) is 10.0 Å². The van der Waals surface area contributed by atoms with Crippen LogP contribution in [-0.4, -0.2) is 13.1 Å². The van der Waals surface area contributed by atoms with Gasteiger partial charge in [0.15, 0.2) is 5.75 Å². The average Bonchev–Trinajstić information content (AvgIpc) is 2.70. The SMILES string of the molecule is COc1ccc(C(F)(F)F)cc1NC(=O)Nc1cc(Cl)c(Oc2ccccc2)c(Cl)c1. The van der Waals surface area contributed by atoms with Crippen molar-refractivity contribution in [3.63, 3.8) is 0 Å². The van der Waals surface area contributed by atoms with Crippen molar-refractivity contribution < 1.29 is 27.4 Å². The zero-order chi connectivity index (χ0) is 22.6. The lowest BCUT2D eigenvalue weighted by molar-refractivity contribution is -0.137. The highest BCUT2D eigenvalue weighted by Crippen LogP contribution is 2.39. The van der Waals surface area contributed by atoms with Crippen molar-refractivity contribution in [2.45, 2.75) is 6.18 Å². The molecule has 2 amide bonds. The molecule has 0 aromatic heterocycles. The molecule has 0 aliphatic carbocycles. The van der Waals surface area contributed by atoms with Gasteiger partial charge in [0.2, 0.25) is 0 Å². The number of ether oxygens (including phenoxy) is 2. The fourth-order valence-corrected chi connectivity index (χ4v) is 3.17. The third-order valence-corrected chi connectivity index (χ3v) is 4.56. The van der Waals surface area contributed by atoms with Gasteiger partial charge in [-0.05, 0) is 42.5 Å². The van der Waals surface area contributed by atoms with E-state index in [0.717, 1.165) is 18.2 Å². The Morgan fingerprint density at radius 3 is 2.16 bits per heavy atom. The zero-order valence-electron chi connectivity index (χ0n) is 15.9. The molecule has 5 nitrogen and oxygen atoms in total. The maximum absolute atomic E-state index is 13.0. The number of urea groups is 1. The molecule has 0 heterocycles. The lowest BCUT2D eigenvalue weighted by atomic mass is 10.2. The van der Waals surface area contributed by atoms with Crippen LogP contribution in [0.4, 0.5) is 29.3 Å². The lowest BCUT2D eigenvalue weighted by Crippen LogP contribution is -2.20. The number of halogens is 5. The fourth-order valence-electron chi connectivity index (χ4n) is 2.60. The summed E-state index contributed by atoms with van der Waals surface area (Å²) in [5.41, 5.74) is -0.882. The first-order valence-corrected chi connectivity index (χ1v) is 9.48. The van der Waals surface area contributed by atoms with Crippen LogP contribution in [0.5, 0.6) is 17.2 Å². The van der Waals surface area contributed by atoms with E-state index in [-0.39, 0.29) is 32.9 Å². The van der Waals surface area contributed by atoms with E-state index in [1.807, 2.05) is 6.07 Å². The summed E-state index contributed by atoms with van der Waals surface area (Å²) in [5, 5.41) is 5.04. The first kappa shape index (κ1) is 22.6. The molecule has 0 saturated carbocycles. The van der Waals surface area contributed by atoms with Gasteiger partial charge in [-0.3, -0.25) is 0 Å². The number of anilines is 2. The molecule has 0 fully saturated rings. The molecule has 0 unspecified atom stereocenters. The smallest absolute Gasteiger partial charge is 0.416 e. The quantitative estimate of drug-likeness (QED) is 0.406. The first-order chi connectivity index (χ1) is 14.7. The molecule has 0 bridgehead atoms. The predicted octanol–water partition coefficient (Wildman–Crippen LogP) is 7.46. The molecule has 0 spiro atoms. The highest BCUT2D eigenvalue weighted by atomic mass is 35.5. The van der Waals surface area contributed by atoms with Crippen LogP contribution in [0.3, 0.4) is 0 Å².